The third-order valence-electron chi connectivity index (χ3n) is 4.27. The smallest absolute Gasteiger partial charge is 0.165 e. The van der Waals surface area contributed by atoms with Gasteiger partial charge < -0.3 is 15.0 Å². The van der Waals surface area contributed by atoms with Crippen LogP contribution in [0.15, 0.2) is 24.3 Å². The van der Waals surface area contributed by atoms with Crippen LogP contribution in [0.1, 0.15) is 25.7 Å². The molecular formula is C16H25FN2O. The van der Waals surface area contributed by atoms with Gasteiger partial charge in [0.15, 0.2) is 11.6 Å². The Morgan fingerprint density at radius 3 is 2.60 bits per heavy atom. The molecule has 0 spiro atoms. The second-order valence-corrected chi connectivity index (χ2v) is 5.55. The van der Waals surface area contributed by atoms with Gasteiger partial charge in [-0.2, -0.15) is 0 Å². The van der Waals surface area contributed by atoms with Crippen LogP contribution in [0.2, 0.25) is 0 Å². The summed E-state index contributed by atoms with van der Waals surface area (Å²) in [4.78, 5) is 2.34. The van der Waals surface area contributed by atoms with Crippen LogP contribution in [-0.4, -0.2) is 44.2 Å². The molecule has 1 aliphatic carbocycles. The molecule has 0 saturated heterocycles. The van der Waals surface area contributed by atoms with Gasteiger partial charge in [-0.1, -0.05) is 12.1 Å². The highest BCUT2D eigenvalue weighted by atomic mass is 19.1. The number of para-hydroxylation sites is 1. The van der Waals surface area contributed by atoms with Crippen molar-refractivity contribution in [3.05, 3.63) is 30.1 Å². The lowest BCUT2D eigenvalue weighted by Gasteiger charge is -2.34. The van der Waals surface area contributed by atoms with Crippen molar-refractivity contribution in [2.45, 2.75) is 37.8 Å². The van der Waals surface area contributed by atoms with Gasteiger partial charge in [-0.15, -0.1) is 0 Å². The van der Waals surface area contributed by atoms with E-state index in [2.05, 4.69) is 17.3 Å². The molecule has 1 aromatic carbocycles. The Bertz CT molecular complexity index is 405. The van der Waals surface area contributed by atoms with Gasteiger partial charge in [0, 0.05) is 18.6 Å². The Balaban J connectivity index is 1.70. The number of nitrogens with zero attached hydrogens (tertiary/aromatic N) is 1. The molecule has 0 radical (unpaired) electrons. The first-order chi connectivity index (χ1) is 9.70. The van der Waals surface area contributed by atoms with Gasteiger partial charge >= 0.3 is 0 Å². The van der Waals surface area contributed by atoms with E-state index in [9.17, 15) is 4.39 Å². The zero-order valence-corrected chi connectivity index (χ0v) is 12.4. The first-order valence-electron chi connectivity index (χ1n) is 7.45. The molecule has 1 aliphatic rings. The SMILES string of the molecule is CNC1CCC(N(C)CCOc2ccccc2F)CC1. The fourth-order valence-corrected chi connectivity index (χ4v) is 2.85. The first-order valence-corrected chi connectivity index (χ1v) is 7.45. The maximum atomic E-state index is 13.4. The lowest BCUT2D eigenvalue weighted by Crippen LogP contribution is -2.41. The largest absolute Gasteiger partial charge is 0.489 e. The van der Waals surface area contributed by atoms with Crippen molar-refractivity contribution in [1.82, 2.24) is 10.2 Å². The summed E-state index contributed by atoms with van der Waals surface area (Å²) in [7, 11) is 4.17. The highest BCUT2D eigenvalue weighted by molar-refractivity contribution is 5.23. The molecule has 0 atom stereocenters. The quantitative estimate of drug-likeness (QED) is 0.867. The van der Waals surface area contributed by atoms with E-state index in [1.807, 2.05) is 7.05 Å². The van der Waals surface area contributed by atoms with Crippen LogP contribution in [0.4, 0.5) is 4.39 Å². The summed E-state index contributed by atoms with van der Waals surface area (Å²) in [5, 5.41) is 3.35. The lowest BCUT2D eigenvalue weighted by molar-refractivity contribution is 0.148. The van der Waals surface area contributed by atoms with Crippen LogP contribution in [0.25, 0.3) is 0 Å². The monoisotopic (exact) mass is 280 g/mol. The van der Waals surface area contributed by atoms with Gasteiger partial charge in [0.25, 0.3) is 0 Å². The maximum absolute atomic E-state index is 13.4. The summed E-state index contributed by atoms with van der Waals surface area (Å²) < 4.78 is 18.9. The van der Waals surface area contributed by atoms with Crippen molar-refractivity contribution in [3.63, 3.8) is 0 Å². The normalized spacial score (nSPS) is 23.0. The average Bonchev–Trinajstić information content (AvgIpc) is 2.49. The Hall–Kier alpha value is -1.13. The van der Waals surface area contributed by atoms with Gasteiger partial charge in [0.2, 0.25) is 0 Å². The molecule has 112 valence electrons. The summed E-state index contributed by atoms with van der Waals surface area (Å²) in [6.45, 7) is 1.37. The number of benzene rings is 1. The number of likely N-dealkylation sites (N-methyl/N-ethyl adjacent to an activating group) is 1. The van der Waals surface area contributed by atoms with Crippen LogP contribution >= 0.6 is 0 Å². The second kappa shape index (κ2) is 7.60. The maximum Gasteiger partial charge on any atom is 0.165 e. The number of hydrogen-bond donors (Lipinski definition) is 1. The van der Waals surface area contributed by atoms with Crippen LogP contribution < -0.4 is 10.1 Å². The third-order valence-corrected chi connectivity index (χ3v) is 4.27. The molecule has 0 amide bonds. The Morgan fingerprint density at radius 2 is 1.95 bits per heavy atom. The van der Waals surface area contributed by atoms with Gasteiger partial charge in [-0.05, 0) is 51.9 Å². The molecule has 0 bridgehead atoms. The summed E-state index contributed by atoms with van der Waals surface area (Å²) in [6, 6.07) is 7.87. The number of nitrogens with one attached hydrogen (secondary N) is 1. The van der Waals surface area contributed by atoms with Crippen LogP contribution in [0, 0.1) is 5.82 Å². The molecular weight excluding hydrogens is 255 g/mol. The van der Waals surface area contributed by atoms with Gasteiger partial charge in [0.1, 0.15) is 6.61 Å². The van der Waals surface area contributed by atoms with Crippen LogP contribution in [0.3, 0.4) is 0 Å². The topological polar surface area (TPSA) is 24.5 Å². The molecule has 0 unspecified atom stereocenters. The second-order valence-electron chi connectivity index (χ2n) is 5.55. The molecule has 3 nitrogen and oxygen atoms in total. The third kappa shape index (κ3) is 4.18. The van der Waals surface area contributed by atoms with E-state index in [1.165, 1.54) is 31.7 Å². The summed E-state index contributed by atoms with van der Waals surface area (Å²) in [6.07, 6.45) is 4.92. The van der Waals surface area contributed by atoms with Crippen molar-refractivity contribution < 1.29 is 9.13 Å². The van der Waals surface area contributed by atoms with E-state index in [0.29, 0.717) is 24.4 Å². The molecule has 0 aliphatic heterocycles. The molecule has 4 heteroatoms. The minimum atomic E-state index is -0.287. The number of hydrogen-bond acceptors (Lipinski definition) is 3. The van der Waals surface area contributed by atoms with Crippen molar-refractivity contribution in [2.24, 2.45) is 0 Å². The molecule has 1 aromatic rings. The minimum absolute atomic E-state index is 0.287. The fraction of sp³-hybridized carbons (Fsp3) is 0.625. The Kier molecular flexibility index (Phi) is 5.80. The Labute approximate surface area is 121 Å². The van der Waals surface area contributed by atoms with Crippen molar-refractivity contribution in [3.8, 4) is 5.75 Å². The van der Waals surface area contributed by atoms with E-state index in [-0.39, 0.29) is 5.82 Å². The van der Waals surface area contributed by atoms with Crippen LogP contribution in [-0.2, 0) is 0 Å². The van der Waals surface area contributed by atoms with E-state index in [1.54, 1.807) is 18.2 Å². The van der Waals surface area contributed by atoms with Crippen LogP contribution in [0.5, 0.6) is 5.75 Å². The van der Waals surface area contributed by atoms with E-state index >= 15 is 0 Å². The lowest BCUT2D eigenvalue weighted by atomic mass is 9.90. The number of halogens is 1. The van der Waals surface area contributed by atoms with Gasteiger partial charge in [-0.3, -0.25) is 0 Å². The molecule has 2 rings (SSSR count). The minimum Gasteiger partial charge on any atom is -0.489 e. The van der Waals surface area contributed by atoms with E-state index in [4.69, 9.17) is 4.74 Å². The molecule has 20 heavy (non-hydrogen) atoms. The van der Waals surface area contributed by atoms with E-state index in [0.717, 1.165) is 6.54 Å². The Morgan fingerprint density at radius 1 is 1.25 bits per heavy atom. The summed E-state index contributed by atoms with van der Waals surface area (Å²) in [5.74, 6) is 0.0597. The van der Waals surface area contributed by atoms with E-state index < -0.39 is 0 Å². The molecule has 0 aromatic heterocycles. The zero-order valence-electron chi connectivity index (χ0n) is 12.4. The first kappa shape index (κ1) is 15.3. The summed E-state index contributed by atoms with van der Waals surface area (Å²) in [5.41, 5.74) is 0. The molecule has 1 saturated carbocycles. The van der Waals surface area contributed by atoms with Crippen molar-refractivity contribution in [1.29, 1.82) is 0 Å². The number of ether oxygens (including phenoxy) is 1. The highest BCUT2D eigenvalue weighted by Crippen LogP contribution is 2.22. The predicted molar refractivity (Wildman–Crippen MR) is 79.6 cm³/mol. The molecule has 0 heterocycles. The van der Waals surface area contributed by atoms with Crippen molar-refractivity contribution >= 4 is 0 Å². The summed E-state index contributed by atoms with van der Waals surface area (Å²) >= 11 is 0. The van der Waals surface area contributed by atoms with Gasteiger partial charge in [0.05, 0.1) is 0 Å². The number of rotatable bonds is 6. The fourth-order valence-electron chi connectivity index (χ4n) is 2.85. The molecule has 1 N–H and O–H groups in total. The standard InChI is InChI=1S/C16H25FN2O/c1-18-13-7-9-14(10-8-13)19(2)11-12-20-16-6-4-3-5-15(16)17/h3-6,13-14,18H,7-12H2,1-2H3. The predicted octanol–water partition coefficient (Wildman–Crippen LogP) is 2.67. The van der Waals surface area contributed by atoms with Gasteiger partial charge in [-0.25, -0.2) is 4.39 Å². The zero-order chi connectivity index (χ0) is 14.4. The molecule has 1 fully saturated rings. The van der Waals surface area contributed by atoms with Crippen molar-refractivity contribution in [2.75, 3.05) is 27.2 Å². The average molecular weight is 280 g/mol. The highest BCUT2D eigenvalue weighted by Gasteiger charge is 2.22.